The van der Waals surface area contributed by atoms with Crippen LogP contribution in [0.4, 0.5) is 0 Å². The van der Waals surface area contributed by atoms with Crippen molar-refractivity contribution in [3.8, 4) is 17.2 Å². The van der Waals surface area contributed by atoms with Crippen LogP contribution < -0.4 is 18.9 Å². The molecule has 0 bridgehead atoms. The summed E-state index contributed by atoms with van der Waals surface area (Å²) in [5, 5.41) is 0. The highest BCUT2D eigenvalue weighted by molar-refractivity contribution is 7.89. The van der Waals surface area contributed by atoms with E-state index < -0.39 is 10.0 Å². The average molecular weight is 365 g/mol. The van der Waals surface area contributed by atoms with E-state index in [0.29, 0.717) is 30.5 Å². The van der Waals surface area contributed by atoms with Crippen LogP contribution >= 0.6 is 0 Å². The van der Waals surface area contributed by atoms with Gasteiger partial charge in [0.05, 0.1) is 25.2 Å². The first-order chi connectivity index (χ1) is 12.0. The monoisotopic (exact) mass is 365 g/mol. The zero-order valence-corrected chi connectivity index (χ0v) is 15.4. The lowest BCUT2D eigenvalue weighted by Crippen LogP contribution is -2.23. The Bertz CT molecular complexity index is 805. The standard InChI is InChI=1S/C18H23NO5S/c1-4-23-17-11-10-15(12-18(17)24-5-2)25(20,21)19-13-14-8-6-7-9-16(14)22-3/h6-12,19H,4-5,13H2,1-3H3. The van der Waals surface area contributed by atoms with Gasteiger partial charge in [-0.15, -0.1) is 0 Å². The molecule has 0 spiro atoms. The van der Waals surface area contributed by atoms with Crippen molar-refractivity contribution in [2.75, 3.05) is 20.3 Å². The highest BCUT2D eigenvalue weighted by atomic mass is 32.2. The Morgan fingerprint density at radius 2 is 1.60 bits per heavy atom. The van der Waals surface area contributed by atoms with Crippen molar-refractivity contribution < 1.29 is 22.6 Å². The summed E-state index contributed by atoms with van der Waals surface area (Å²) in [7, 11) is -2.15. The first-order valence-electron chi connectivity index (χ1n) is 8.03. The van der Waals surface area contributed by atoms with E-state index in [-0.39, 0.29) is 11.4 Å². The lowest BCUT2D eigenvalue weighted by Gasteiger charge is -2.14. The normalized spacial score (nSPS) is 11.2. The second kappa shape index (κ2) is 8.73. The van der Waals surface area contributed by atoms with Gasteiger partial charge in [0.15, 0.2) is 11.5 Å². The molecule has 0 fully saturated rings. The first kappa shape index (κ1) is 19.1. The van der Waals surface area contributed by atoms with Gasteiger partial charge in [-0.2, -0.15) is 0 Å². The molecule has 0 aromatic heterocycles. The summed E-state index contributed by atoms with van der Waals surface area (Å²) >= 11 is 0. The third kappa shape index (κ3) is 4.87. The van der Waals surface area contributed by atoms with Crippen LogP contribution in [0.25, 0.3) is 0 Å². The maximum atomic E-state index is 12.6. The Hall–Kier alpha value is -2.25. The molecular formula is C18H23NO5S. The number of nitrogens with one attached hydrogen (secondary N) is 1. The Morgan fingerprint density at radius 1 is 0.920 bits per heavy atom. The second-order valence-electron chi connectivity index (χ2n) is 5.11. The quantitative estimate of drug-likeness (QED) is 0.739. The molecule has 0 atom stereocenters. The highest BCUT2D eigenvalue weighted by Gasteiger charge is 2.18. The molecule has 0 aliphatic carbocycles. The van der Waals surface area contributed by atoms with Gasteiger partial charge in [-0.25, -0.2) is 13.1 Å². The van der Waals surface area contributed by atoms with Crippen LogP contribution in [0.2, 0.25) is 0 Å². The highest BCUT2D eigenvalue weighted by Crippen LogP contribution is 2.30. The number of benzene rings is 2. The zero-order chi connectivity index (χ0) is 18.3. The molecular weight excluding hydrogens is 342 g/mol. The molecule has 6 nitrogen and oxygen atoms in total. The number of para-hydroxylation sites is 1. The minimum atomic E-state index is -3.70. The fourth-order valence-electron chi connectivity index (χ4n) is 2.30. The molecule has 0 saturated carbocycles. The molecule has 0 saturated heterocycles. The van der Waals surface area contributed by atoms with Crippen LogP contribution in [0, 0.1) is 0 Å². The molecule has 0 aliphatic heterocycles. The van der Waals surface area contributed by atoms with E-state index in [1.54, 1.807) is 19.2 Å². The average Bonchev–Trinajstić information content (AvgIpc) is 2.62. The van der Waals surface area contributed by atoms with Gasteiger partial charge in [0.2, 0.25) is 10.0 Å². The fraction of sp³-hybridized carbons (Fsp3) is 0.333. The van der Waals surface area contributed by atoms with Gasteiger partial charge in [-0.05, 0) is 32.0 Å². The van der Waals surface area contributed by atoms with Crippen LogP contribution in [0.3, 0.4) is 0 Å². The van der Waals surface area contributed by atoms with Crippen molar-refractivity contribution in [2.45, 2.75) is 25.3 Å². The van der Waals surface area contributed by atoms with Gasteiger partial charge in [-0.1, -0.05) is 18.2 Å². The predicted molar refractivity (Wildman–Crippen MR) is 95.8 cm³/mol. The molecule has 0 unspecified atom stereocenters. The molecule has 0 amide bonds. The van der Waals surface area contributed by atoms with Gasteiger partial charge in [0.25, 0.3) is 0 Å². The van der Waals surface area contributed by atoms with Crippen LogP contribution in [-0.2, 0) is 16.6 Å². The molecule has 1 N–H and O–H groups in total. The summed E-state index contributed by atoms with van der Waals surface area (Å²) < 4.78 is 43.9. The number of rotatable bonds is 9. The van der Waals surface area contributed by atoms with E-state index >= 15 is 0 Å². The molecule has 0 aliphatic rings. The minimum absolute atomic E-state index is 0.120. The molecule has 0 heterocycles. The van der Waals surface area contributed by atoms with E-state index in [9.17, 15) is 8.42 Å². The zero-order valence-electron chi connectivity index (χ0n) is 14.6. The molecule has 0 radical (unpaired) electrons. The number of hydrogen-bond donors (Lipinski definition) is 1. The van der Waals surface area contributed by atoms with E-state index in [0.717, 1.165) is 5.56 Å². The molecule has 136 valence electrons. The second-order valence-corrected chi connectivity index (χ2v) is 6.88. The van der Waals surface area contributed by atoms with Gasteiger partial charge >= 0.3 is 0 Å². The largest absolute Gasteiger partial charge is 0.496 e. The minimum Gasteiger partial charge on any atom is -0.496 e. The van der Waals surface area contributed by atoms with E-state index in [4.69, 9.17) is 14.2 Å². The molecule has 7 heteroatoms. The predicted octanol–water partition coefficient (Wildman–Crippen LogP) is 2.97. The smallest absolute Gasteiger partial charge is 0.241 e. The van der Waals surface area contributed by atoms with E-state index in [1.165, 1.54) is 12.1 Å². The van der Waals surface area contributed by atoms with Crippen LogP contribution in [-0.4, -0.2) is 28.7 Å². The summed E-state index contributed by atoms with van der Waals surface area (Å²) in [6.45, 7) is 4.70. The van der Waals surface area contributed by atoms with E-state index in [1.807, 2.05) is 32.0 Å². The summed E-state index contributed by atoms with van der Waals surface area (Å²) in [5.74, 6) is 1.56. The van der Waals surface area contributed by atoms with Gasteiger partial charge in [0.1, 0.15) is 5.75 Å². The number of sulfonamides is 1. The van der Waals surface area contributed by atoms with Gasteiger partial charge < -0.3 is 14.2 Å². The van der Waals surface area contributed by atoms with Crippen molar-refractivity contribution in [1.29, 1.82) is 0 Å². The summed E-state index contributed by atoms with van der Waals surface area (Å²) in [6, 6.07) is 11.8. The first-order valence-corrected chi connectivity index (χ1v) is 9.51. The van der Waals surface area contributed by atoms with Crippen LogP contribution in [0.5, 0.6) is 17.2 Å². The molecule has 2 aromatic carbocycles. The fourth-order valence-corrected chi connectivity index (χ4v) is 3.33. The summed E-state index contributed by atoms with van der Waals surface area (Å²) in [6.07, 6.45) is 0. The number of ether oxygens (including phenoxy) is 3. The Balaban J connectivity index is 2.22. The van der Waals surface area contributed by atoms with Crippen molar-refractivity contribution in [2.24, 2.45) is 0 Å². The lowest BCUT2D eigenvalue weighted by atomic mass is 10.2. The van der Waals surface area contributed by atoms with Gasteiger partial charge in [-0.3, -0.25) is 0 Å². The van der Waals surface area contributed by atoms with Crippen LogP contribution in [0.1, 0.15) is 19.4 Å². The number of methoxy groups -OCH3 is 1. The summed E-state index contributed by atoms with van der Waals surface area (Å²) in [4.78, 5) is 0.120. The van der Waals surface area contributed by atoms with Crippen molar-refractivity contribution in [1.82, 2.24) is 4.72 Å². The third-order valence-corrected chi connectivity index (χ3v) is 4.87. The summed E-state index contributed by atoms with van der Waals surface area (Å²) in [5.41, 5.74) is 0.754. The lowest BCUT2D eigenvalue weighted by molar-refractivity contribution is 0.287. The van der Waals surface area contributed by atoms with Crippen molar-refractivity contribution >= 4 is 10.0 Å². The maximum Gasteiger partial charge on any atom is 0.241 e. The molecule has 2 aromatic rings. The number of hydrogen-bond acceptors (Lipinski definition) is 5. The Morgan fingerprint density at radius 3 is 2.28 bits per heavy atom. The maximum absolute atomic E-state index is 12.6. The van der Waals surface area contributed by atoms with Crippen LogP contribution in [0.15, 0.2) is 47.4 Å². The molecule has 25 heavy (non-hydrogen) atoms. The van der Waals surface area contributed by atoms with Gasteiger partial charge in [0, 0.05) is 18.2 Å². The van der Waals surface area contributed by atoms with E-state index in [2.05, 4.69) is 4.72 Å². The van der Waals surface area contributed by atoms with Crippen molar-refractivity contribution in [3.05, 3.63) is 48.0 Å². The third-order valence-electron chi connectivity index (χ3n) is 3.47. The Labute approximate surface area is 148 Å². The molecule has 2 rings (SSSR count). The topological polar surface area (TPSA) is 73.9 Å². The SMILES string of the molecule is CCOc1ccc(S(=O)(=O)NCc2ccccc2OC)cc1OCC. The Kier molecular flexibility index (Phi) is 6.66. The van der Waals surface area contributed by atoms with Crippen molar-refractivity contribution in [3.63, 3.8) is 0 Å².